The first-order valence-corrected chi connectivity index (χ1v) is 7.64. The fraction of sp³-hybridized carbons (Fsp3) is 0.867. The molecule has 0 amide bonds. The van der Waals surface area contributed by atoms with E-state index in [0.29, 0.717) is 44.4 Å². The average Bonchev–Trinajstić information content (AvgIpc) is 2.41. The molecule has 1 heterocycles. The number of carbonyl (C=O) groups is 2. The molecule has 20 heavy (non-hydrogen) atoms. The Morgan fingerprint density at radius 2 is 2.05 bits per heavy atom. The molecule has 0 aromatic rings. The molecular formula is C15H25NO4. The summed E-state index contributed by atoms with van der Waals surface area (Å²) >= 11 is 0. The zero-order valence-corrected chi connectivity index (χ0v) is 12.2. The Kier molecular flexibility index (Phi) is 4.81. The molecule has 5 nitrogen and oxygen atoms in total. The van der Waals surface area contributed by atoms with Crippen LogP contribution in [0.15, 0.2) is 0 Å². The molecule has 2 rings (SSSR count). The first kappa shape index (κ1) is 15.4. The molecular weight excluding hydrogens is 258 g/mol. The molecule has 0 aromatic carbocycles. The van der Waals surface area contributed by atoms with E-state index in [2.05, 4.69) is 4.90 Å². The van der Waals surface area contributed by atoms with Crippen molar-refractivity contribution < 1.29 is 19.8 Å². The number of ketones is 1. The largest absolute Gasteiger partial charge is 0.481 e. The minimum atomic E-state index is -0.773. The van der Waals surface area contributed by atoms with Gasteiger partial charge in [0.25, 0.3) is 0 Å². The molecule has 2 N–H and O–H groups in total. The highest BCUT2D eigenvalue weighted by Gasteiger charge is 2.38. The number of piperidine rings is 1. The Morgan fingerprint density at radius 1 is 1.40 bits per heavy atom. The quantitative estimate of drug-likeness (QED) is 0.813. The number of hydrogen-bond donors (Lipinski definition) is 2. The number of nitrogens with zero attached hydrogens (tertiary/aromatic N) is 1. The van der Waals surface area contributed by atoms with E-state index >= 15 is 0 Å². The van der Waals surface area contributed by atoms with Gasteiger partial charge in [0.2, 0.25) is 0 Å². The lowest BCUT2D eigenvalue weighted by Crippen LogP contribution is -2.50. The van der Waals surface area contributed by atoms with Crippen molar-refractivity contribution in [3.63, 3.8) is 0 Å². The van der Waals surface area contributed by atoms with Crippen LogP contribution < -0.4 is 0 Å². The maximum atomic E-state index is 11.7. The highest BCUT2D eigenvalue weighted by Crippen LogP contribution is 2.33. The second kappa shape index (κ2) is 6.22. The van der Waals surface area contributed by atoms with E-state index in [4.69, 9.17) is 5.11 Å². The van der Waals surface area contributed by atoms with Crippen molar-refractivity contribution in [2.75, 3.05) is 19.6 Å². The lowest BCUT2D eigenvalue weighted by atomic mass is 9.78. The van der Waals surface area contributed by atoms with E-state index in [1.54, 1.807) is 0 Å². The molecule has 1 saturated heterocycles. The van der Waals surface area contributed by atoms with Crippen LogP contribution in [0.4, 0.5) is 0 Å². The first-order valence-electron chi connectivity index (χ1n) is 7.64. The smallest absolute Gasteiger partial charge is 0.306 e. The van der Waals surface area contributed by atoms with Gasteiger partial charge in [-0.15, -0.1) is 0 Å². The molecule has 0 spiro atoms. The van der Waals surface area contributed by atoms with Crippen molar-refractivity contribution in [2.45, 2.75) is 51.0 Å². The Balaban J connectivity index is 1.87. The number of Topliss-reactive ketones (excluding diaryl/α,β-unsaturated/α-hetero) is 1. The number of aliphatic carboxylic acids is 1. The lowest BCUT2D eigenvalue weighted by molar-refractivity contribution is -0.145. The van der Waals surface area contributed by atoms with E-state index in [9.17, 15) is 14.7 Å². The topological polar surface area (TPSA) is 77.8 Å². The first-order chi connectivity index (χ1) is 9.43. The van der Waals surface area contributed by atoms with Crippen molar-refractivity contribution >= 4 is 11.8 Å². The highest BCUT2D eigenvalue weighted by atomic mass is 16.4. The van der Waals surface area contributed by atoms with Gasteiger partial charge in [-0.3, -0.25) is 14.5 Å². The summed E-state index contributed by atoms with van der Waals surface area (Å²) in [6, 6.07) is 0. The monoisotopic (exact) mass is 283 g/mol. The van der Waals surface area contributed by atoms with Crippen LogP contribution in [-0.4, -0.2) is 52.1 Å². The molecule has 114 valence electrons. The van der Waals surface area contributed by atoms with Gasteiger partial charge in [-0.2, -0.15) is 0 Å². The van der Waals surface area contributed by atoms with Crippen molar-refractivity contribution in [1.82, 2.24) is 4.90 Å². The van der Waals surface area contributed by atoms with E-state index in [-0.39, 0.29) is 11.8 Å². The Bertz CT molecular complexity index is 374. The Labute approximate surface area is 120 Å². The van der Waals surface area contributed by atoms with Crippen molar-refractivity contribution in [3.05, 3.63) is 0 Å². The van der Waals surface area contributed by atoms with Crippen LogP contribution >= 0.6 is 0 Å². The van der Waals surface area contributed by atoms with Crippen LogP contribution in [0.25, 0.3) is 0 Å². The highest BCUT2D eigenvalue weighted by molar-refractivity contribution is 5.82. The van der Waals surface area contributed by atoms with Gasteiger partial charge in [0.1, 0.15) is 5.78 Å². The van der Waals surface area contributed by atoms with E-state index in [1.807, 2.05) is 6.92 Å². The molecule has 1 aliphatic heterocycles. The van der Waals surface area contributed by atoms with Gasteiger partial charge >= 0.3 is 5.97 Å². The average molecular weight is 283 g/mol. The molecule has 1 saturated carbocycles. The second-order valence-electron chi connectivity index (χ2n) is 6.39. The molecule has 5 heteroatoms. The summed E-state index contributed by atoms with van der Waals surface area (Å²) in [5, 5.41) is 19.6. The zero-order valence-electron chi connectivity index (χ0n) is 12.2. The fourth-order valence-corrected chi connectivity index (χ4v) is 3.45. The van der Waals surface area contributed by atoms with Crippen LogP contribution in [0.1, 0.15) is 45.4 Å². The van der Waals surface area contributed by atoms with Crippen LogP contribution in [0.5, 0.6) is 0 Å². The van der Waals surface area contributed by atoms with Gasteiger partial charge in [0.05, 0.1) is 11.5 Å². The summed E-state index contributed by atoms with van der Waals surface area (Å²) in [4.78, 5) is 24.8. The molecule has 0 radical (unpaired) electrons. The predicted octanol–water partition coefficient (Wildman–Crippen LogP) is 1.29. The van der Waals surface area contributed by atoms with Gasteiger partial charge < -0.3 is 10.2 Å². The lowest BCUT2D eigenvalue weighted by Gasteiger charge is -2.41. The summed E-state index contributed by atoms with van der Waals surface area (Å²) in [6.45, 7) is 4.06. The van der Waals surface area contributed by atoms with E-state index < -0.39 is 11.6 Å². The number of rotatable bonds is 4. The third-order valence-electron chi connectivity index (χ3n) is 4.88. The molecule has 1 unspecified atom stereocenters. The van der Waals surface area contributed by atoms with Gasteiger partial charge in [0, 0.05) is 32.0 Å². The van der Waals surface area contributed by atoms with Crippen LogP contribution in [0.2, 0.25) is 0 Å². The maximum Gasteiger partial charge on any atom is 0.306 e. The van der Waals surface area contributed by atoms with Crippen molar-refractivity contribution in [2.24, 2.45) is 11.8 Å². The van der Waals surface area contributed by atoms with Gasteiger partial charge in [-0.1, -0.05) is 6.92 Å². The minimum absolute atomic E-state index is 0.0997. The van der Waals surface area contributed by atoms with Gasteiger partial charge in [-0.25, -0.2) is 0 Å². The molecule has 1 atom stereocenters. The number of hydrogen-bond acceptors (Lipinski definition) is 4. The zero-order chi connectivity index (χ0) is 14.8. The minimum Gasteiger partial charge on any atom is -0.481 e. The van der Waals surface area contributed by atoms with E-state index in [0.717, 1.165) is 19.5 Å². The molecule has 1 aliphatic carbocycles. The number of carboxylic acids is 1. The van der Waals surface area contributed by atoms with Gasteiger partial charge in [-0.05, 0) is 32.1 Å². The SMILES string of the molecule is CCC1CN(CC2(O)CCC(C(=O)O)CC2)CCC1=O. The number of carboxylic acid groups (broad SMARTS) is 1. The normalized spacial score (nSPS) is 36.0. The summed E-state index contributed by atoms with van der Waals surface area (Å²) in [7, 11) is 0. The standard InChI is InChI=1S/C15H25NO4/c1-2-11-9-16(8-5-13(11)17)10-15(20)6-3-12(4-7-15)14(18)19/h11-12,20H,2-10H2,1H3,(H,18,19). The van der Waals surface area contributed by atoms with Gasteiger partial charge in [0.15, 0.2) is 0 Å². The fourth-order valence-electron chi connectivity index (χ4n) is 3.45. The summed E-state index contributed by atoms with van der Waals surface area (Å²) in [5.74, 6) is -0.615. The van der Waals surface area contributed by atoms with Crippen LogP contribution in [0, 0.1) is 11.8 Å². The number of β-amino-alcohol motifs (C(OH)–C–C–N with tert-alkyl or cyclic N) is 1. The number of likely N-dealkylation sites (tertiary alicyclic amines) is 1. The Morgan fingerprint density at radius 3 is 2.60 bits per heavy atom. The number of carbonyl (C=O) groups excluding carboxylic acids is 1. The second-order valence-corrected chi connectivity index (χ2v) is 6.39. The third-order valence-corrected chi connectivity index (χ3v) is 4.88. The summed E-state index contributed by atoms with van der Waals surface area (Å²) in [5.41, 5.74) is -0.773. The predicted molar refractivity (Wildman–Crippen MR) is 74.4 cm³/mol. The Hall–Kier alpha value is -0.940. The summed E-state index contributed by atoms with van der Waals surface area (Å²) in [6.07, 6.45) is 3.63. The molecule has 0 bridgehead atoms. The third kappa shape index (κ3) is 3.58. The molecule has 2 aliphatic rings. The summed E-state index contributed by atoms with van der Waals surface area (Å²) < 4.78 is 0. The van der Waals surface area contributed by atoms with Crippen molar-refractivity contribution in [3.8, 4) is 0 Å². The maximum absolute atomic E-state index is 11.7. The number of aliphatic hydroxyl groups is 1. The molecule has 0 aromatic heterocycles. The van der Waals surface area contributed by atoms with Crippen LogP contribution in [-0.2, 0) is 9.59 Å². The van der Waals surface area contributed by atoms with Crippen molar-refractivity contribution in [1.29, 1.82) is 0 Å². The van der Waals surface area contributed by atoms with Crippen LogP contribution in [0.3, 0.4) is 0 Å². The van der Waals surface area contributed by atoms with E-state index in [1.165, 1.54) is 0 Å². The molecule has 2 fully saturated rings.